The molecule has 8 nitrogen and oxygen atoms in total. The van der Waals surface area contributed by atoms with Gasteiger partial charge in [-0.25, -0.2) is 9.97 Å². The summed E-state index contributed by atoms with van der Waals surface area (Å²) in [7, 11) is 4.02. The van der Waals surface area contributed by atoms with Gasteiger partial charge in [0.1, 0.15) is 5.82 Å². The third-order valence-corrected chi connectivity index (χ3v) is 7.16. The highest BCUT2D eigenvalue weighted by atomic mass is 16.5. The number of aromatic nitrogens is 3. The Hall–Kier alpha value is -2.45. The van der Waals surface area contributed by atoms with Gasteiger partial charge in [-0.3, -0.25) is 14.7 Å². The zero-order valence-electron chi connectivity index (χ0n) is 18.6. The highest BCUT2D eigenvalue weighted by molar-refractivity contribution is 5.41. The quantitative estimate of drug-likeness (QED) is 0.798. The summed E-state index contributed by atoms with van der Waals surface area (Å²) in [6.07, 6.45) is 5.99. The number of aromatic amines is 1. The molecule has 2 aliphatic heterocycles. The lowest BCUT2D eigenvalue weighted by Gasteiger charge is -2.39. The number of nitrogens with zero attached hydrogens (tertiary/aromatic N) is 5. The van der Waals surface area contributed by atoms with Crippen molar-refractivity contribution in [3.63, 3.8) is 0 Å². The van der Waals surface area contributed by atoms with E-state index < -0.39 is 0 Å². The van der Waals surface area contributed by atoms with E-state index in [9.17, 15) is 4.79 Å². The summed E-state index contributed by atoms with van der Waals surface area (Å²) in [4.78, 5) is 32.1. The minimum atomic E-state index is 0.0498. The van der Waals surface area contributed by atoms with Gasteiger partial charge >= 0.3 is 0 Å². The van der Waals surface area contributed by atoms with Crippen LogP contribution in [0.5, 0.6) is 0 Å². The second-order valence-corrected chi connectivity index (χ2v) is 9.29. The maximum atomic E-state index is 12.8. The van der Waals surface area contributed by atoms with Crippen LogP contribution in [0, 0.1) is 0 Å². The number of likely N-dealkylation sites (tertiary alicyclic amines) is 1. The van der Waals surface area contributed by atoms with Gasteiger partial charge in [0.05, 0.1) is 18.9 Å². The van der Waals surface area contributed by atoms with Crippen molar-refractivity contribution in [1.82, 2.24) is 19.9 Å². The highest BCUT2D eigenvalue weighted by Crippen LogP contribution is 2.44. The molecule has 0 aromatic carbocycles. The van der Waals surface area contributed by atoms with E-state index in [4.69, 9.17) is 9.72 Å². The van der Waals surface area contributed by atoms with Crippen molar-refractivity contribution in [2.24, 2.45) is 0 Å². The van der Waals surface area contributed by atoms with Gasteiger partial charge < -0.3 is 14.5 Å². The summed E-state index contributed by atoms with van der Waals surface area (Å²) in [5.74, 6) is 1.71. The lowest BCUT2D eigenvalue weighted by molar-refractivity contribution is 0.122. The standard InChI is InChI=1S/C23H32N6O2/c1-27(2)19-4-3-17(15-24-19)16-28-9-7-23(8-10-28)6-5-18-20(23)25-22(26-21(18)30)29-11-13-31-14-12-29/h3-4,15H,5-14,16H2,1-2H3,(H,25,26,30). The molecule has 2 saturated heterocycles. The van der Waals surface area contributed by atoms with E-state index in [0.717, 1.165) is 81.4 Å². The third-order valence-electron chi connectivity index (χ3n) is 7.16. The minimum absolute atomic E-state index is 0.0498. The molecule has 0 amide bonds. The molecule has 0 unspecified atom stereocenters. The average molecular weight is 425 g/mol. The maximum absolute atomic E-state index is 12.8. The van der Waals surface area contributed by atoms with Gasteiger partial charge in [-0.2, -0.15) is 0 Å². The van der Waals surface area contributed by atoms with Crippen molar-refractivity contribution < 1.29 is 4.74 Å². The molecule has 4 heterocycles. The van der Waals surface area contributed by atoms with Crippen molar-refractivity contribution >= 4 is 11.8 Å². The summed E-state index contributed by atoms with van der Waals surface area (Å²) in [6.45, 7) is 5.90. The molecule has 1 N–H and O–H groups in total. The molecule has 0 atom stereocenters. The fourth-order valence-corrected chi connectivity index (χ4v) is 5.22. The van der Waals surface area contributed by atoms with E-state index in [2.05, 4.69) is 31.9 Å². The second kappa shape index (κ2) is 8.24. The number of H-pyrrole nitrogens is 1. The maximum Gasteiger partial charge on any atom is 0.255 e. The fourth-order valence-electron chi connectivity index (χ4n) is 5.22. The first kappa shape index (κ1) is 20.5. The second-order valence-electron chi connectivity index (χ2n) is 9.29. The Morgan fingerprint density at radius 2 is 1.90 bits per heavy atom. The first-order chi connectivity index (χ1) is 15.0. The number of piperidine rings is 1. The summed E-state index contributed by atoms with van der Waals surface area (Å²) in [6, 6.07) is 4.25. The Morgan fingerprint density at radius 3 is 2.58 bits per heavy atom. The lowest BCUT2D eigenvalue weighted by Crippen LogP contribution is -2.43. The molecule has 5 rings (SSSR count). The van der Waals surface area contributed by atoms with Gasteiger partial charge in [-0.15, -0.1) is 0 Å². The zero-order chi connectivity index (χ0) is 21.4. The first-order valence-corrected chi connectivity index (χ1v) is 11.4. The van der Waals surface area contributed by atoms with Gasteiger partial charge in [0.25, 0.3) is 5.56 Å². The third kappa shape index (κ3) is 3.94. The van der Waals surface area contributed by atoms with Gasteiger partial charge in [0.15, 0.2) is 0 Å². The Morgan fingerprint density at radius 1 is 1.13 bits per heavy atom. The van der Waals surface area contributed by atoms with Crippen molar-refractivity contribution in [3.05, 3.63) is 45.5 Å². The summed E-state index contributed by atoms with van der Waals surface area (Å²) < 4.78 is 5.46. The van der Waals surface area contributed by atoms with Gasteiger partial charge in [-0.1, -0.05) is 6.07 Å². The number of rotatable bonds is 4. The van der Waals surface area contributed by atoms with E-state index in [1.807, 2.05) is 25.2 Å². The number of morpholine rings is 1. The first-order valence-electron chi connectivity index (χ1n) is 11.4. The number of nitrogens with one attached hydrogen (secondary N) is 1. The number of hydrogen-bond donors (Lipinski definition) is 1. The normalized spacial score (nSPS) is 20.8. The molecule has 2 aromatic rings. The van der Waals surface area contributed by atoms with Crippen LogP contribution in [-0.4, -0.2) is 73.3 Å². The SMILES string of the molecule is CN(C)c1ccc(CN2CCC3(CCc4c3nc(N3CCOCC3)[nH]c4=O)CC2)cn1. The predicted octanol–water partition coefficient (Wildman–Crippen LogP) is 1.55. The summed E-state index contributed by atoms with van der Waals surface area (Å²) in [5, 5.41) is 0. The molecular formula is C23H32N6O2. The minimum Gasteiger partial charge on any atom is -0.378 e. The van der Waals surface area contributed by atoms with Crippen LogP contribution in [0.4, 0.5) is 11.8 Å². The van der Waals surface area contributed by atoms with Crippen LogP contribution in [0.15, 0.2) is 23.1 Å². The van der Waals surface area contributed by atoms with E-state index in [0.29, 0.717) is 13.2 Å². The molecule has 0 saturated carbocycles. The molecule has 166 valence electrons. The summed E-state index contributed by atoms with van der Waals surface area (Å²) >= 11 is 0. The fraction of sp³-hybridized carbons (Fsp3) is 0.609. The molecular weight excluding hydrogens is 392 g/mol. The monoisotopic (exact) mass is 424 g/mol. The average Bonchev–Trinajstić information content (AvgIpc) is 3.15. The van der Waals surface area contributed by atoms with Crippen LogP contribution in [0.2, 0.25) is 0 Å². The van der Waals surface area contributed by atoms with Crippen molar-refractivity contribution in [2.75, 3.05) is 63.3 Å². The molecule has 0 bridgehead atoms. The lowest BCUT2D eigenvalue weighted by atomic mass is 9.76. The van der Waals surface area contributed by atoms with Crippen LogP contribution in [0.3, 0.4) is 0 Å². The number of hydrogen-bond acceptors (Lipinski definition) is 7. The number of pyridine rings is 1. The van der Waals surface area contributed by atoms with Crippen LogP contribution in [-0.2, 0) is 23.1 Å². The van der Waals surface area contributed by atoms with Gasteiger partial charge in [0.2, 0.25) is 5.95 Å². The van der Waals surface area contributed by atoms with Crippen molar-refractivity contribution in [1.29, 1.82) is 0 Å². The Kier molecular flexibility index (Phi) is 5.44. The zero-order valence-corrected chi connectivity index (χ0v) is 18.6. The van der Waals surface area contributed by atoms with Crippen LogP contribution in [0.25, 0.3) is 0 Å². The predicted molar refractivity (Wildman–Crippen MR) is 121 cm³/mol. The van der Waals surface area contributed by atoms with Crippen molar-refractivity contribution in [3.8, 4) is 0 Å². The molecule has 2 aromatic heterocycles. The molecule has 2 fully saturated rings. The van der Waals surface area contributed by atoms with E-state index in [1.165, 1.54) is 5.56 Å². The smallest absolute Gasteiger partial charge is 0.255 e. The van der Waals surface area contributed by atoms with E-state index in [1.54, 1.807) is 0 Å². The summed E-state index contributed by atoms with van der Waals surface area (Å²) in [5.41, 5.74) is 3.33. The topological polar surface area (TPSA) is 77.6 Å². The van der Waals surface area contributed by atoms with Gasteiger partial charge in [0, 0.05) is 50.9 Å². The van der Waals surface area contributed by atoms with Crippen LogP contribution < -0.4 is 15.4 Å². The van der Waals surface area contributed by atoms with E-state index >= 15 is 0 Å². The Labute approximate surface area is 183 Å². The Bertz CT molecular complexity index is 973. The molecule has 1 aliphatic carbocycles. The number of anilines is 2. The van der Waals surface area contributed by atoms with Crippen LogP contribution >= 0.6 is 0 Å². The van der Waals surface area contributed by atoms with Crippen LogP contribution in [0.1, 0.15) is 36.1 Å². The molecule has 3 aliphatic rings. The molecule has 8 heteroatoms. The number of fused-ring (bicyclic) bond motifs is 2. The van der Waals surface area contributed by atoms with Gasteiger partial charge in [-0.05, 0) is 50.4 Å². The highest BCUT2D eigenvalue weighted by Gasteiger charge is 2.44. The van der Waals surface area contributed by atoms with Crippen molar-refractivity contribution in [2.45, 2.75) is 37.6 Å². The largest absolute Gasteiger partial charge is 0.378 e. The Balaban J connectivity index is 1.30. The molecule has 31 heavy (non-hydrogen) atoms. The molecule has 1 spiro atoms. The number of ether oxygens (including phenoxy) is 1. The van der Waals surface area contributed by atoms with E-state index in [-0.39, 0.29) is 11.0 Å². The molecule has 0 radical (unpaired) electrons.